The van der Waals surface area contributed by atoms with Gasteiger partial charge in [-0.3, -0.25) is 4.79 Å². The maximum absolute atomic E-state index is 12.3. The molecule has 0 aliphatic heterocycles. The highest BCUT2D eigenvalue weighted by molar-refractivity contribution is 9.10. The molecular weight excluding hydrogens is 342 g/mol. The normalized spacial score (nSPS) is 10.8. The van der Waals surface area contributed by atoms with E-state index in [0.717, 1.165) is 4.70 Å². The summed E-state index contributed by atoms with van der Waals surface area (Å²) in [7, 11) is 0. The molecule has 0 atom stereocenters. The largest absolute Gasteiger partial charge is 0.478 e. The summed E-state index contributed by atoms with van der Waals surface area (Å²) >= 11 is 4.57. The number of carboxylic acids is 1. The number of halogens is 1. The first-order chi connectivity index (χ1) is 9.56. The van der Waals surface area contributed by atoms with Gasteiger partial charge in [-0.25, -0.2) is 8.75 Å². The molecule has 0 saturated heterocycles. The molecule has 4 nitrogen and oxygen atoms in total. The molecule has 6 heteroatoms. The van der Waals surface area contributed by atoms with Crippen LogP contribution in [-0.2, 0) is 0 Å². The topological polar surface area (TPSA) is 59.3 Å². The number of aromatic nitrogens is 1. The second-order valence-corrected chi connectivity index (χ2v) is 6.09. The molecule has 0 radical (unpaired) electrons. The summed E-state index contributed by atoms with van der Waals surface area (Å²) in [6, 6.07) is 12.0. The first-order valence-electron chi connectivity index (χ1n) is 5.71. The van der Waals surface area contributed by atoms with Gasteiger partial charge in [0.2, 0.25) is 0 Å². The van der Waals surface area contributed by atoms with Crippen molar-refractivity contribution in [2.75, 3.05) is 0 Å². The molecule has 0 spiro atoms. The zero-order chi connectivity index (χ0) is 14.3. The second-order valence-electron chi connectivity index (χ2n) is 4.19. The molecule has 0 unspecified atom stereocenters. The Morgan fingerprint density at radius 3 is 2.65 bits per heavy atom. The van der Waals surface area contributed by atoms with Gasteiger partial charge in [0, 0.05) is 4.47 Å². The predicted molar refractivity (Wildman–Crippen MR) is 82.1 cm³/mol. The fraction of sp³-hybridized carbons (Fsp3) is 0. The quantitative estimate of drug-likeness (QED) is 0.769. The molecule has 20 heavy (non-hydrogen) atoms. The first kappa shape index (κ1) is 13.1. The highest BCUT2D eigenvalue weighted by atomic mass is 79.9. The van der Waals surface area contributed by atoms with E-state index < -0.39 is 5.97 Å². The number of nitrogens with zero attached hydrogens (tertiary/aromatic N) is 1. The van der Waals surface area contributed by atoms with Gasteiger partial charge in [-0.2, -0.15) is 0 Å². The van der Waals surface area contributed by atoms with Crippen LogP contribution in [0.2, 0.25) is 0 Å². The van der Waals surface area contributed by atoms with E-state index >= 15 is 0 Å². The second kappa shape index (κ2) is 4.88. The predicted octanol–water partition coefficient (Wildman–Crippen LogP) is 3.51. The molecule has 0 amide bonds. The number of hydrogen-bond acceptors (Lipinski definition) is 3. The number of benzene rings is 2. The van der Waals surface area contributed by atoms with Gasteiger partial charge in [0.15, 0.2) is 0 Å². The fourth-order valence-corrected chi connectivity index (χ4v) is 3.42. The highest BCUT2D eigenvalue weighted by Gasteiger charge is 2.12. The van der Waals surface area contributed by atoms with E-state index in [1.165, 1.54) is 27.6 Å². The highest BCUT2D eigenvalue weighted by Crippen LogP contribution is 2.23. The van der Waals surface area contributed by atoms with Crippen molar-refractivity contribution < 1.29 is 9.90 Å². The number of carboxylic acid groups (broad SMARTS) is 1. The van der Waals surface area contributed by atoms with Crippen LogP contribution < -0.4 is 5.56 Å². The van der Waals surface area contributed by atoms with Crippen LogP contribution in [0.3, 0.4) is 0 Å². The summed E-state index contributed by atoms with van der Waals surface area (Å²) in [5.41, 5.74) is 0.543. The summed E-state index contributed by atoms with van der Waals surface area (Å²) in [6.45, 7) is 0. The molecule has 3 aromatic rings. The van der Waals surface area contributed by atoms with Crippen LogP contribution in [0.25, 0.3) is 15.8 Å². The summed E-state index contributed by atoms with van der Waals surface area (Å²) in [6.07, 6.45) is 0. The fourth-order valence-electron chi connectivity index (χ4n) is 1.96. The van der Waals surface area contributed by atoms with Crippen LogP contribution >= 0.6 is 27.5 Å². The van der Waals surface area contributed by atoms with Crippen molar-refractivity contribution in [2.45, 2.75) is 0 Å². The SMILES string of the molecule is O=C(O)c1cc(Br)cc(-n2sc3ccccc3c2=O)c1. The number of carbonyl (C=O) groups is 1. The third-order valence-electron chi connectivity index (χ3n) is 2.86. The molecule has 1 aromatic heterocycles. The van der Waals surface area contributed by atoms with Crippen molar-refractivity contribution >= 4 is 43.5 Å². The molecular formula is C14H8BrNO3S. The zero-order valence-corrected chi connectivity index (χ0v) is 12.4. The van der Waals surface area contributed by atoms with Crippen molar-refractivity contribution in [3.05, 3.63) is 62.9 Å². The van der Waals surface area contributed by atoms with E-state index in [0.29, 0.717) is 15.5 Å². The molecule has 0 fully saturated rings. The lowest BCUT2D eigenvalue weighted by Gasteiger charge is -2.03. The van der Waals surface area contributed by atoms with E-state index in [9.17, 15) is 9.59 Å². The Kier molecular flexibility index (Phi) is 3.19. The minimum atomic E-state index is -1.03. The number of fused-ring (bicyclic) bond motifs is 1. The lowest BCUT2D eigenvalue weighted by atomic mass is 10.2. The molecule has 1 N–H and O–H groups in total. The average molecular weight is 350 g/mol. The van der Waals surface area contributed by atoms with Gasteiger partial charge in [0.05, 0.1) is 21.3 Å². The van der Waals surface area contributed by atoms with Gasteiger partial charge in [0.25, 0.3) is 5.56 Å². The first-order valence-corrected chi connectivity index (χ1v) is 7.28. The minimum absolute atomic E-state index is 0.138. The molecule has 0 saturated carbocycles. The lowest BCUT2D eigenvalue weighted by Crippen LogP contribution is -2.11. The summed E-state index contributed by atoms with van der Waals surface area (Å²) < 4.78 is 2.99. The van der Waals surface area contributed by atoms with Gasteiger partial charge in [-0.05, 0) is 30.3 Å². The van der Waals surface area contributed by atoms with Crippen LogP contribution in [-0.4, -0.2) is 15.0 Å². The third-order valence-corrected chi connectivity index (χ3v) is 4.43. The van der Waals surface area contributed by atoms with Crippen LogP contribution in [0.15, 0.2) is 51.7 Å². The average Bonchev–Trinajstić information content (AvgIpc) is 2.76. The molecule has 2 aromatic carbocycles. The zero-order valence-electron chi connectivity index (χ0n) is 10.0. The number of aromatic carboxylic acids is 1. The Labute approximate surface area is 126 Å². The van der Waals surface area contributed by atoms with Crippen LogP contribution in [0.4, 0.5) is 0 Å². The van der Waals surface area contributed by atoms with Crippen LogP contribution in [0.5, 0.6) is 0 Å². The molecule has 1 heterocycles. The van der Waals surface area contributed by atoms with Crippen LogP contribution in [0, 0.1) is 0 Å². The minimum Gasteiger partial charge on any atom is -0.478 e. The molecule has 0 aliphatic carbocycles. The summed E-state index contributed by atoms with van der Waals surface area (Å²) in [5.74, 6) is -1.03. The van der Waals surface area contributed by atoms with Gasteiger partial charge in [-0.15, -0.1) is 0 Å². The van der Waals surface area contributed by atoms with Gasteiger partial charge < -0.3 is 5.11 Å². The van der Waals surface area contributed by atoms with Crippen molar-refractivity contribution in [2.24, 2.45) is 0 Å². The van der Waals surface area contributed by atoms with Gasteiger partial charge in [-0.1, -0.05) is 39.6 Å². The summed E-state index contributed by atoms with van der Waals surface area (Å²) in [5, 5.41) is 9.72. The maximum Gasteiger partial charge on any atom is 0.335 e. The smallest absolute Gasteiger partial charge is 0.335 e. The molecule has 0 bridgehead atoms. The van der Waals surface area contributed by atoms with E-state index in [2.05, 4.69) is 15.9 Å². The Morgan fingerprint density at radius 2 is 1.95 bits per heavy atom. The molecule has 100 valence electrons. The van der Waals surface area contributed by atoms with Crippen molar-refractivity contribution in [3.63, 3.8) is 0 Å². The standard InChI is InChI=1S/C14H8BrNO3S/c15-9-5-8(14(18)19)6-10(7-9)16-13(17)11-3-1-2-4-12(11)20-16/h1-7H,(H,18,19). The Hall–Kier alpha value is -1.92. The lowest BCUT2D eigenvalue weighted by molar-refractivity contribution is 0.0697. The van der Waals surface area contributed by atoms with E-state index in [1.54, 1.807) is 12.1 Å². The number of rotatable bonds is 2. The van der Waals surface area contributed by atoms with Crippen molar-refractivity contribution in [3.8, 4) is 5.69 Å². The maximum atomic E-state index is 12.3. The Morgan fingerprint density at radius 1 is 1.20 bits per heavy atom. The van der Waals surface area contributed by atoms with Gasteiger partial charge in [0.1, 0.15) is 0 Å². The van der Waals surface area contributed by atoms with Crippen molar-refractivity contribution in [1.29, 1.82) is 0 Å². The Balaban J connectivity index is 2.28. The van der Waals surface area contributed by atoms with E-state index in [4.69, 9.17) is 5.11 Å². The monoisotopic (exact) mass is 349 g/mol. The van der Waals surface area contributed by atoms with E-state index in [-0.39, 0.29) is 11.1 Å². The molecule has 3 rings (SSSR count). The van der Waals surface area contributed by atoms with E-state index in [1.807, 2.05) is 18.2 Å². The molecule has 0 aliphatic rings. The third kappa shape index (κ3) is 2.17. The van der Waals surface area contributed by atoms with Gasteiger partial charge >= 0.3 is 5.97 Å². The van der Waals surface area contributed by atoms with Crippen LogP contribution in [0.1, 0.15) is 10.4 Å². The number of hydrogen-bond donors (Lipinski definition) is 1. The Bertz CT molecular complexity index is 882. The summed E-state index contributed by atoms with van der Waals surface area (Å²) in [4.78, 5) is 23.4. The van der Waals surface area contributed by atoms with Crippen molar-refractivity contribution in [1.82, 2.24) is 3.96 Å².